The second kappa shape index (κ2) is 6.13. The van der Waals surface area contributed by atoms with Crippen LogP contribution in [0.2, 0.25) is 15.1 Å². The van der Waals surface area contributed by atoms with Gasteiger partial charge in [-0.25, -0.2) is 4.98 Å². The van der Waals surface area contributed by atoms with E-state index in [1.165, 1.54) is 12.3 Å². The second-order valence-electron chi connectivity index (χ2n) is 3.53. The number of nitrogens with zero attached hydrogens (tertiary/aromatic N) is 2. The lowest BCUT2D eigenvalue weighted by Crippen LogP contribution is -1.95. The van der Waals surface area contributed by atoms with Crippen LogP contribution in [0.15, 0.2) is 28.9 Å². The number of rotatable bonds is 3. The summed E-state index contributed by atoms with van der Waals surface area (Å²) in [5.41, 5.74) is -0.333. The van der Waals surface area contributed by atoms with Crippen LogP contribution in [0.3, 0.4) is 0 Å². The van der Waals surface area contributed by atoms with Crippen molar-refractivity contribution in [1.29, 1.82) is 0 Å². The topological polar surface area (TPSA) is 65.3 Å². The zero-order valence-corrected chi connectivity index (χ0v) is 13.3. The molecule has 1 heterocycles. The molecule has 1 aromatic heterocycles. The van der Waals surface area contributed by atoms with Crippen LogP contribution >= 0.6 is 50.7 Å². The second-order valence-corrected chi connectivity index (χ2v) is 5.67. The molecule has 0 aliphatic carbocycles. The van der Waals surface area contributed by atoms with E-state index in [4.69, 9.17) is 39.5 Å². The Bertz CT molecular complexity index is 697. The molecule has 0 fully saturated rings. The SMILES string of the molecule is O=[N+]([O-])c1cc(Cl)c(Cl)cc1Oc1ncc(Br)cc1Cl. The molecule has 0 unspecified atom stereocenters. The van der Waals surface area contributed by atoms with Crippen LogP contribution in [-0.2, 0) is 0 Å². The predicted octanol–water partition coefficient (Wildman–Crippen LogP) is 5.50. The zero-order chi connectivity index (χ0) is 14.9. The summed E-state index contributed by atoms with van der Waals surface area (Å²) < 4.78 is 6.00. The maximum absolute atomic E-state index is 11.0. The van der Waals surface area contributed by atoms with Gasteiger partial charge in [-0.15, -0.1) is 0 Å². The fourth-order valence-electron chi connectivity index (χ4n) is 1.32. The van der Waals surface area contributed by atoms with E-state index < -0.39 is 4.92 Å². The van der Waals surface area contributed by atoms with Gasteiger partial charge in [-0.1, -0.05) is 34.8 Å². The summed E-state index contributed by atoms with van der Waals surface area (Å²) in [7, 11) is 0. The van der Waals surface area contributed by atoms with Crippen LogP contribution in [0.25, 0.3) is 0 Å². The van der Waals surface area contributed by atoms with E-state index in [0.717, 1.165) is 6.07 Å². The first-order chi connectivity index (χ1) is 9.38. The lowest BCUT2D eigenvalue weighted by Gasteiger charge is -2.08. The number of ether oxygens (including phenoxy) is 1. The first-order valence-corrected chi connectivity index (χ1v) is 6.93. The first kappa shape index (κ1) is 15.3. The van der Waals surface area contributed by atoms with E-state index in [0.29, 0.717) is 4.47 Å². The van der Waals surface area contributed by atoms with Crippen LogP contribution in [0.1, 0.15) is 0 Å². The molecule has 0 N–H and O–H groups in total. The largest absolute Gasteiger partial charge is 0.430 e. The van der Waals surface area contributed by atoms with Gasteiger partial charge in [0.1, 0.15) is 5.02 Å². The van der Waals surface area contributed by atoms with Gasteiger partial charge in [0, 0.05) is 22.8 Å². The lowest BCUT2D eigenvalue weighted by atomic mass is 10.3. The summed E-state index contributed by atoms with van der Waals surface area (Å²) in [4.78, 5) is 14.3. The van der Waals surface area contributed by atoms with Crippen molar-refractivity contribution in [3.05, 3.63) is 54.1 Å². The van der Waals surface area contributed by atoms with Crippen molar-refractivity contribution in [2.24, 2.45) is 0 Å². The van der Waals surface area contributed by atoms with Gasteiger partial charge >= 0.3 is 5.69 Å². The van der Waals surface area contributed by atoms with Gasteiger partial charge in [0.15, 0.2) is 0 Å². The highest BCUT2D eigenvalue weighted by Crippen LogP contribution is 2.39. The van der Waals surface area contributed by atoms with Gasteiger partial charge in [-0.05, 0) is 22.0 Å². The number of halogens is 4. The summed E-state index contributed by atoms with van der Waals surface area (Å²) in [6, 6.07) is 3.89. The molecule has 0 radical (unpaired) electrons. The van der Waals surface area contributed by atoms with E-state index in [9.17, 15) is 10.1 Å². The molecular weight excluding hydrogens is 394 g/mol. The fourth-order valence-corrected chi connectivity index (χ4v) is 2.30. The molecule has 2 aromatic rings. The number of nitro benzene ring substituents is 1. The number of hydrogen-bond donors (Lipinski definition) is 0. The van der Waals surface area contributed by atoms with E-state index >= 15 is 0 Å². The van der Waals surface area contributed by atoms with Crippen molar-refractivity contribution in [3.63, 3.8) is 0 Å². The monoisotopic (exact) mass is 396 g/mol. The van der Waals surface area contributed by atoms with E-state index in [2.05, 4.69) is 20.9 Å². The van der Waals surface area contributed by atoms with Gasteiger partial charge in [0.2, 0.25) is 11.6 Å². The Kier molecular flexibility index (Phi) is 4.70. The number of benzene rings is 1. The van der Waals surface area contributed by atoms with E-state index in [1.54, 1.807) is 6.07 Å². The standard InChI is InChI=1S/C11H4BrCl3N2O3/c12-5-1-8(15)11(16-4-5)20-10-3-7(14)6(13)2-9(10)17(18)19/h1-4H. The van der Waals surface area contributed by atoms with Crippen LogP contribution in [0.4, 0.5) is 5.69 Å². The summed E-state index contributed by atoms with van der Waals surface area (Å²) >= 11 is 20.7. The molecule has 0 aliphatic heterocycles. The molecule has 0 spiro atoms. The maximum Gasteiger partial charge on any atom is 0.313 e. The number of hydrogen-bond acceptors (Lipinski definition) is 4. The van der Waals surface area contributed by atoms with Crippen LogP contribution in [0.5, 0.6) is 11.6 Å². The number of aromatic nitrogens is 1. The number of nitro groups is 1. The Morgan fingerprint density at radius 1 is 1.15 bits per heavy atom. The lowest BCUT2D eigenvalue weighted by molar-refractivity contribution is -0.385. The quantitative estimate of drug-likeness (QED) is 0.505. The Labute approximate surface area is 136 Å². The highest BCUT2D eigenvalue weighted by Gasteiger charge is 2.20. The van der Waals surface area contributed by atoms with Gasteiger partial charge in [-0.2, -0.15) is 0 Å². The minimum Gasteiger partial charge on any atom is -0.430 e. The zero-order valence-electron chi connectivity index (χ0n) is 9.44. The minimum absolute atomic E-state index is 0.0244. The maximum atomic E-state index is 11.0. The van der Waals surface area contributed by atoms with Crippen molar-refractivity contribution in [2.45, 2.75) is 0 Å². The van der Waals surface area contributed by atoms with Crippen LogP contribution in [0, 0.1) is 10.1 Å². The third-order valence-electron chi connectivity index (χ3n) is 2.18. The van der Waals surface area contributed by atoms with Gasteiger partial charge < -0.3 is 4.74 Å². The van der Waals surface area contributed by atoms with Crippen molar-refractivity contribution in [1.82, 2.24) is 4.98 Å². The Hall–Kier alpha value is -1.08. The van der Waals surface area contributed by atoms with E-state index in [1.807, 2.05) is 0 Å². The third-order valence-corrected chi connectivity index (χ3v) is 3.61. The molecule has 0 bridgehead atoms. The Morgan fingerprint density at radius 3 is 2.40 bits per heavy atom. The smallest absolute Gasteiger partial charge is 0.313 e. The average Bonchev–Trinajstić information content (AvgIpc) is 2.36. The normalized spacial score (nSPS) is 10.4. The molecule has 1 aromatic carbocycles. The van der Waals surface area contributed by atoms with Crippen molar-refractivity contribution in [2.75, 3.05) is 0 Å². The minimum atomic E-state index is -0.635. The third kappa shape index (κ3) is 3.32. The summed E-state index contributed by atoms with van der Waals surface area (Å²) in [5, 5.41) is 11.4. The molecule has 0 amide bonds. The average molecular weight is 398 g/mol. The Morgan fingerprint density at radius 2 is 1.80 bits per heavy atom. The summed E-state index contributed by atoms with van der Waals surface area (Å²) in [6.07, 6.45) is 1.45. The molecule has 20 heavy (non-hydrogen) atoms. The molecule has 5 nitrogen and oxygen atoms in total. The van der Waals surface area contributed by atoms with Gasteiger partial charge in [0.25, 0.3) is 0 Å². The molecule has 0 atom stereocenters. The molecule has 2 rings (SSSR count). The summed E-state index contributed by atoms with van der Waals surface area (Å²) in [6.45, 7) is 0. The van der Waals surface area contributed by atoms with Gasteiger partial charge in [0.05, 0.1) is 15.0 Å². The molecule has 104 valence electrons. The van der Waals surface area contributed by atoms with E-state index in [-0.39, 0.29) is 32.4 Å². The Balaban J connectivity index is 2.47. The predicted molar refractivity (Wildman–Crippen MR) is 80.1 cm³/mol. The number of pyridine rings is 1. The first-order valence-electron chi connectivity index (χ1n) is 5.01. The molecule has 0 saturated heterocycles. The van der Waals surface area contributed by atoms with Crippen LogP contribution in [-0.4, -0.2) is 9.91 Å². The summed E-state index contributed by atoms with van der Waals surface area (Å²) in [5.74, 6) is -0.0718. The molecule has 0 aliphatic rings. The molecule has 9 heteroatoms. The molecular formula is C11H4BrCl3N2O3. The van der Waals surface area contributed by atoms with Crippen molar-refractivity contribution in [3.8, 4) is 11.6 Å². The fraction of sp³-hybridized carbons (Fsp3) is 0. The van der Waals surface area contributed by atoms with Gasteiger partial charge in [-0.3, -0.25) is 10.1 Å². The van der Waals surface area contributed by atoms with Crippen molar-refractivity contribution >= 4 is 56.4 Å². The van der Waals surface area contributed by atoms with Crippen molar-refractivity contribution < 1.29 is 9.66 Å². The highest BCUT2D eigenvalue weighted by atomic mass is 79.9. The van der Waals surface area contributed by atoms with Crippen LogP contribution < -0.4 is 4.74 Å². The highest BCUT2D eigenvalue weighted by molar-refractivity contribution is 9.10. The molecule has 0 saturated carbocycles.